The number of methoxy groups -OCH3 is 1. The van der Waals surface area contributed by atoms with Crippen molar-refractivity contribution in [2.24, 2.45) is 0 Å². The zero-order valence-corrected chi connectivity index (χ0v) is 16.5. The van der Waals surface area contributed by atoms with Crippen LogP contribution in [0.25, 0.3) is 0 Å². The lowest BCUT2D eigenvalue weighted by atomic mass is 10.0. The largest absolute Gasteiger partial charge is 0.496 e. The van der Waals surface area contributed by atoms with Gasteiger partial charge in [-0.25, -0.2) is 9.97 Å². The minimum atomic E-state index is -0.0773. The number of carbonyl (C=O) groups excluding carboxylic acids is 1. The summed E-state index contributed by atoms with van der Waals surface area (Å²) in [5.41, 5.74) is 2.03. The molecule has 6 nitrogen and oxygen atoms in total. The van der Waals surface area contributed by atoms with Crippen molar-refractivity contribution in [2.75, 3.05) is 20.2 Å². The Bertz CT molecular complexity index is 767. The number of nitrogens with zero attached hydrogens (tertiary/aromatic N) is 3. The average Bonchev–Trinajstić information content (AvgIpc) is 2.64. The summed E-state index contributed by atoms with van der Waals surface area (Å²) in [7, 11) is 1.65. The summed E-state index contributed by atoms with van der Waals surface area (Å²) in [5.74, 6) is 0.946. The van der Waals surface area contributed by atoms with Crippen LogP contribution in [0.2, 0.25) is 0 Å². The predicted octanol–water partition coefficient (Wildman–Crippen LogP) is 3.17. The second-order valence-corrected chi connectivity index (χ2v) is 7.30. The van der Waals surface area contributed by atoms with Gasteiger partial charge in [0.1, 0.15) is 11.9 Å². The minimum absolute atomic E-state index is 0.0773. The molecule has 26 heavy (non-hydrogen) atoms. The van der Waals surface area contributed by atoms with Gasteiger partial charge in [-0.1, -0.05) is 12.1 Å². The van der Waals surface area contributed by atoms with E-state index in [1.807, 2.05) is 30.0 Å². The molecule has 7 heteroatoms. The highest BCUT2D eigenvalue weighted by Gasteiger charge is 2.25. The van der Waals surface area contributed by atoms with Gasteiger partial charge in [0.05, 0.1) is 24.5 Å². The quantitative estimate of drug-likeness (QED) is 0.744. The number of piperidine rings is 1. The summed E-state index contributed by atoms with van der Waals surface area (Å²) in [6, 6.07) is 6.20. The highest BCUT2D eigenvalue weighted by Crippen LogP contribution is 2.21. The van der Waals surface area contributed by atoms with Crippen LogP contribution in [0, 0.1) is 6.92 Å². The van der Waals surface area contributed by atoms with E-state index < -0.39 is 0 Å². The zero-order chi connectivity index (χ0) is 18.5. The predicted molar refractivity (Wildman–Crippen MR) is 101 cm³/mol. The standard InChI is InChI=1S/C19H22BrN3O3/c1-13-8-14(5-6-17(13)25-2)9-18(24)23-7-3-4-16(12-23)26-19-21-10-15(20)11-22-19/h5-6,8,10-11,16H,3-4,7,9,12H2,1-2H3. The monoisotopic (exact) mass is 419 g/mol. The zero-order valence-electron chi connectivity index (χ0n) is 14.9. The van der Waals surface area contributed by atoms with Crippen molar-refractivity contribution in [3.05, 3.63) is 46.2 Å². The second kappa shape index (κ2) is 8.49. The number of hydrogen-bond acceptors (Lipinski definition) is 5. The molecule has 0 radical (unpaired) electrons. The second-order valence-electron chi connectivity index (χ2n) is 6.39. The first-order valence-corrected chi connectivity index (χ1v) is 9.40. The maximum atomic E-state index is 12.7. The van der Waals surface area contributed by atoms with Crippen molar-refractivity contribution in [2.45, 2.75) is 32.3 Å². The van der Waals surface area contributed by atoms with E-state index in [1.54, 1.807) is 19.5 Å². The Morgan fingerprint density at radius 2 is 2.12 bits per heavy atom. The van der Waals surface area contributed by atoms with Crippen LogP contribution in [0.1, 0.15) is 24.0 Å². The topological polar surface area (TPSA) is 64.5 Å². The van der Waals surface area contributed by atoms with E-state index in [2.05, 4.69) is 25.9 Å². The Morgan fingerprint density at radius 3 is 2.81 bits per heavy atom. The van der Waals surface area contributed by atoms with E-state index in [9.17, 15) is 4.79 Å². The van der Waals surface area contributed by atoms with Crippen molar-refractivity contribution in [3.63, 3.8) is 0 Å². The molecule has 1 aliphatic heterocycles. The van der Waals surface area contributed by atoms with Crippen LogP contribution in [0.15, 0.2) is 35.1 Å². The molecule has 1 aromatic heterocycles. The molecular weight excluding hydrogens is 398 g/mol. The summed E-state index contributed by atoms with van der Waals surface area (Å²) in [6.07, 6.45) is 5.41. The van der Waals surface area contributed by atoms with Gasteiger partial charge < -0.3 is 14.4 Å². The van der Waals surface area contributed by atoms with E-state index in [-0.39, 0.29) is 12.0 Å². The van der Waals surface area contributed by atoms with E-state index in [1.165, 1.54) is 0 Å². The first-order valence-electron chi connectivity index (χ1n) is 8.60. The molecule has 0 bridgehead atoms. The number of halogens is 1. The van der Waals surface area contributed by atoms with Crippen LogP contribution in [0.5, 0.6) is 11.8 Å². The number of likely N-dealkylation sites (tertiary alicyclic amines) is 1. The molecule has 0 spiro atoms. The normalized spacial score (nSPS) is 17.0. The molecule has 1 atom stereocenters. The number of aromatic nitrogens is 2. The van der Waals surface area contributed by atoms with Crippen LogP contribution in [-0.4, -0.2) is 47.1 Å². The smallest absolute Gasteiger partial charge is 0.316 e. The average molecular weight is 420 g/mol. The molecule has 1 fully saturated rings. The number of hydrogen-bond donors (Lipinski definition) is 0. The number of amides is 1. The molecule has 1 unspecified atom stereocenters. The third-order valence-corrected chi connectivity index (χ3v) is 4.82. The molecule has 1 amide bonds. The number of rotatable bonds is 5. The summed E-state index contributed by atoms with van der Waals surface area (Å²) in [4.78, 5) is 22.8. The maximum Gasteiger partial charge on any atom is 0.316 e. The van der Waals surface area contributed by atoms with Gasteiger partial charge in [-0.15, -0.1) is 0 Å². The van der Waals surface area contributed by atoms with Crippen LogP contribution in [0.3, 0.4) is 0 Å². The number of benzene rings is 1. The van der Waals surface area contributed by atoms with E-state index in [0.717, 1.165) is 40.7 Å². The molecular formula is C19H22BrN3O3. The lowest BCUT2D eigenvalue weighted by molar-refractivity contribution is -0.133. The van der Waals surface area contributed by atoms with Crippen LogP contribution < -0.4 is 9.47 Å². The van der Waals surface area contributed by atoms with Gasteiger partial charge in [0.2, 0.25) is 5.91 Å². The van der Waals surface area contributed by atoms with Gasteiger partial charge in [-0.3, -0.25) is 4.79 Å². The van der Waals surface area contributed by atoms with Crippen molar-refractivity contribution >= 4 is 21.8 Å². The molecule has 1 aliphatic rings. The third kappa shape index (κ3) is 4.72. The lowest BCUT2D eigenvalue weighted by Gasteiger charge is -2.32. The highest BCUT2D eigenvalue weighted by atomic mass is 79.9. The summed E-state index contributed by atoms with van der Waals surface area (Å²) in [5, 5.41) is 0. The fourth-order valence-electron chi connectivity index (χ4n) is 3.11. The van der Waals surface area contributed by atoms with Gasteiger partial charge in [0.25, 0.3) is 0 Å². The molecule has 138 valence electrons. The Hall–Kier alpha value is -2.15. The fourth-order valence-corrected chi connectivity index (χ4v) is 3.31. The molecule has 0 saturated carbocycles. The maximum absolute atomic E-state index is 12.7. The Balaban J connectivity index is 1.59. The van der Waals surface area contributed by atoms with Gasteiger partial charge in [-0.05, 0) is 52.9 Å². The van der Waals surface area contributed by atoms with Crippen LogP contribution >= 0.6 is 15.9 Å². The van der Waals surface area contributed by atoms with Crippen LogP contribution in [0.4, 0.5) is 0 Å². The highest BCUT2D eigenvalue weighted by molar-refractivity contribution is 9.10. The molecule has 1 saturated heterocycles. The first kappa shape index (κ1) is 18.6. The molecule has 1 aromatic carbocycles. The van der Waals surface area contributed by atoms with Crippen molar-refractivity contribution in [3.8, 4) is 11.8 Å². The lowest BCUT2D eigenvalue weighted by Crippen LogP contribution is -2.45. The van der Waals surface area contributed by atoms with Crippen molar-refractivity contribution < 1.29 is 14.3 Å². The fraction of sp³-hybridized carbons (Fsp3) is 0.421. The Labute approximate surface area is 161 Å². The molecule has 2 aromatic rings. The minimum Gasteiger partial charge on any atom is -0.496 e. The number of aryl methyl sites for hydroxylation is 1. The van der Waals surface area contributed by atoms with Gasteiger partial charge in [0, 0.05) is 18.9 Å². The van der Waals surface area contributed by atoms with Gasteiger partial charge in [-0.2, -0.15) is 0 Å². The van der Waals surface area contributed by atoms with E-state index in [0.29, 0.717) is 19.0 Å². The van der Waals surface area contributed by atoms with Crippen molar-refractivity contribution in [1.29, 1.82) is 0 Å². The van der Waals surface area contributed by atoms with Gasteiger partial charge in [0.15, 0.2) is 0 Å². The summed E-state index contributed by atoms with van der Waals surface area (Å²) in [6.45, 7) is 3.30. The van der Waals surface area contributed by atoms with Crippen LogP contribution in [-0.2, 0) is 11.2 Å². The molecule has 0 aliphatic carbocycles. The van der Waals surface area contributed by atoms with E-state index >= 15 is 0 Å². The Morgan fingerprint density at radius 1 is 1.35 bits per heavy atom. The Kier molecular flexibility index (Phi) is 6.08. The third-order valence-electron chi connectivity index (χ3n) is 4.41. The summed E-state index contributed by atoms with van der Waals surface area (Å²) >= 11 is 3.30. The summed E-state index contributed by atoms with van der Waals surface area (Å²) < 4.78 is 11.9. The number of ether oxygens (including phenoxy) is 2. The molecule has 0 N–H and O–H groups in total. The van der Waals surface area contributed by atoms with Gasteiger partial charge >= 0.3 is 6.01 Å². The first-order chi connectivity index (χ1) is 12.5. The number of carbonyl (C=O) groups is 1. The molecule has 3 rings (SSSR count). The molecule has 2 heterocycles. The SMILES string of the molecule is COc1ccc(CC(=O)N2CCCC(Oc3ncc(Br)cn3)C2)cc1C. The van der Waals surface area contributed by atoms with Crippen molar-refractivity contribution in [1.82, 2.24) is 14.9 Å². The van der Waals surface area contributed by atoms with E-state index in [4.69, 9.17) is 9.47 Å².